The van der Waals surface area contributed by atoms with Crippen LogP contribution in [-0.2, 0) is 10.2 Å². The lowest BCUT2D eigenvalue weighted by Crippen LogP contribution is -2.38. The van der Waals surface area contributed by atoms with E-state index in [0.717, 1.165) is 56.4 Å². The van der Waals surface area contributed by atoms with Crippen LogP contribution in [0.15, 0.2) is 18.2 Å². The van der Waals surface area contributed by atoms with E-state index in [9.17, 15) is 5.11 Å². The molecule has 4 heteroatoms. The fraction of sp³-hybridized carbons (Fsp3) is 0.667. The van der Waals surface area contributed by atoms with Crippen LogP contribution in [-0.4, -0.2) is 38.0 Å². The van der Waals surface area contributed by atoms with Gasteiger partial charge in [0.25, 0.3) is 0 Å². The number of anilines is 2. The SMILES string of the molecule is CC1CCN(c2cc(C3(CO)CCOCC3)ccc2N)CC1. The van der Waals surface area contributed by atoms with Crippen molar-refractivity contribution in [2.75, 3.05) is 43.5 Å². The van der Waals surface area contributed by atoms with Crippen molar-refractivity contribution in [3.05, 3.63) is 23.8 Å². The highest BCUT2D eigenvalue weighted by atomic mass is 16.5. The van der Waals surface area contributed by atoms with Gasteiger partial charge in [-0.1, -0.05) is 13.0 Å². The Kier molecular flexibility index (Phi) is 4.59. The van der Waals surface area contributed by atoms with Crippen molar-refractivity contribution in [2.45, 2.75) is 38.0 Å². The number of piperidine rings is 1. The maximum atomic E-state index is 10.00. The van der Waals surface area contributed by atoms with Gasteiger partial charge in [0.1, 0.15) is 0 Å². The number of nitrogens with two attached hydrogens (primary N) is 1. The minimum Gasteiger partial charge on any atom is -0.397 e. The highest BCUT2D eigenvalue weighted by molar-refractivity contribution is 5.69. The van der Waals surface area contributed by atoms with E-state index in [2.05, 4.69) is 24.0 Å². The number of benzene rings is 1. The van der Waals surface area contributed by atoms with E-state index in [-0.39, 0.29) is 12.0 Å². The summed E-state index contributed by atoms with van der Waals surface area (Å²) in [5.41, 5.74) is 9.27. The van der Waals surface area contributed by atoms with Crippen molar-refractivity contribution in [1.29, 1.82) is 0 Å². The highest BCUT2D eigenvalue weighted by Crippen LogP contribution is 2.38. The minimum atomic E-state index is -0.163. The van der Waals surface area contributed by atoms with Crippen molar-refractivity contribution in [1.82, 2.24) is 0 Å². The van der Waals surface area contributed by atoms with Crippen molar-refractivity contribution in [3.8, 4) is 0 Å². The van der Waals surface area contributed by atoms with Crippen LogP contribution in [0.4, 0.5) is 11.4 Å². The molecule has 0 radical (unpaired) electrons. The molecule has 1 aromatic rings. The van der Waals surface area contributed by atoms with Crippen LogP contribution in [0.2, 0.25) is 0 Å². The van der Waals surface area contributed by atoms with E-state index < -0.39 is 0 Å². The molecule has 122 valence electrons. The third-order valence-corrected chi connectivity index (χ3v) is 5.52. The normalized spacial score (nSPS) is 22.7. The molecule has 0 saturated carbocycles. The minimum absolute atomic E-state index is 0.163. The summed E-state index contributed by atoms with van der Waals surface area (Å²) >= 11 is 0. The second-order valence-electron chi connectivity index (χ2n) is 6.99. The third-order valence-electron chi connectivity index (χ3n) is 5.52. The number of aliphatic hydroxyl groups excluding tert-OH is 1. The van der Waals surface area contributed by atoms with Crippen molar-refractivity contribution in [2.24, 2.45) is 5.92 Å². The number of rotatable bonds is 3. The van der Waals surface area contributed by atoms with E-state index in [4.69, 9.17) is 10.5 Å². The van der Waals surface area contributed by atoms with Crippen molar-refractivity contribution in [3.63, 3.8) is 0 Å². The first kappa shape index (κ1) is 15.6. The second kappa shape index (κ2) is 6.47. The molecule has 0 unspecified atom stereocenters. The summed E-state index contributed by atoms with van der Waals surface area (Å²) in [6.07, 6.45) is 4.21. The van der Waals surface area contributed by atoms with E-state index in [1.54, 1.807) is 0 Å². The Hall–Kier alpha value is -1.26. The van der Waals surface area contributed by atoms with Crippen molar-refractivity contribution < 1.29 is 9.84 Å². The maximum Gasteiger partial charge on any atom is 0.0602 e. The zero-order valence-corrected chi connectivity index (χ0v) is 13.6. The Labute approximate surface area is 133 Å². The fourth-order valence-electron chi connectivity index (χ4n) is 3.70. The molecule has 0 spiro atoms. The van der Waals surface area contributed by atoms with E-state index >= 15 is 0 Å². The molecule has 0 bridgehead atoms. The predicted molar refractivity (Wildman–Crippen MR) is 90.3 cm³/mol. The number of nitrogens with zero attached hydrogens (tertiary/aromatic N) is 1. The molecule has 0 atom stereocenters. The standard InChI is InChI=1S/C18H28N2O2/c1-14-4-8-20(9-5-14)17-12-15(2-3-16(17)19)18(13-21)6-10-22-11-7-18/h2-3,12,14,21H,4-11,13,19H2,1H3. The maximum absolute atomic E-state index is 10.00. The Balaban J connectivity index is 1.88. The number of aliphatic hydroxyl groups is 1. The highest BCUT2D eigenvalue weighted by Gasteiger charge is 2.34. The molecular weight excluding hydrogens is 276 g/mol. The van der Waals surface area contributed by atoms with Crippen LogP contribution in [0.3, 0.4) is 0 Å². The fourth-order valence-corrected chi connectivity index (χ4v) is 3.70. The molecule has 0 aliphatic carbocycles. The van der Waals surface area contributed by atoms with Gasteiger partial charge >= 0.3 is 0 Å². The lowest BCUT2D eigenvalue weighted by molar-refractivity contribution is 0.0253. The van der Waals surface area contributed by atoms with Gasteiger partial charge in [-0.15, -0.1) is 0 Å². The van der Waals surface area contributed by atoms with Crippen LogP contribution in [0, 0.1) is 5.92 Å². The molecule has 2 saturated heterocycles. The number of nitrogen functional groups attached to an aromatic ring is 1. The Morgan fingerprint density at radius 2 is 1.95 bits per heavy atom. The largest absolute Gasteiger partial charge is 0.397 e. The molecule has 22 heavy (non-hydrogen) atoms. The van der Waals surface area contributed by atoms with Gasteiger partial charge in [-0.2, -0.15) is 0 Å². The lowest BCUT2D eigenvalue weighted by Gasteiger charge is -2.38. The van der Waals surface area contributed by atoms with Gasteiger partial charge in [0.15, 0.2) is 0 Å². The Morgan fingerprint density at radius 3 is 2.59 bits per heavy atom. The van der Waals surface area contributed by atoms with E-state index in [1.807, 2.05) is 6.07 Å². The molecule has 0 amide bonds. The van der Waals surface area contributed by atoms with E-state index in [0.29, 0.717) is 0 Å². The first-order valence-electron chi connectivity index (χ1n) is 8.48. The van der Waals surface area contributed by atoms with Crippen LogP contribution in [0.25, 0.3) is 0 Å². The smallest absolute Gasteiger partial charge is 0.0602 e. The summed E-state index contributed by atoms with van der Waals surface area (Å²) in [5.74, 6) is 0.805. The second-order valence-corrected chi connectivity index (χ2v) is 6.99. The molecule has 2 heterocycles. The van der Waals surface area contributed by atoms with Crippen LogP contribution in [0.5, 0.6) is 0 Å². The molecule has 3 N–H and O–H groups in total. The molecule has 1 aromatic carbocycles. The molecule has 2 aliphatic rings. The summed E-state index contributed by atoms with van der Waals surface area (Å²) in [5, 5.41) is 10.00. The van der Waals surface area contributed by atoms with Crippen LogP contribution < -0.4 is 10.6 Å². The van der Waals surface area contributed by atoms with Gasteiger partial charge in [-0.05, 0) is 49.3 Å². The third kappa shape index (κ3) is 2.95. The molecule has 2 aliphatic heterocycles. The summed E-state index contributed by atoms with van der Waals surface area (Å²) in [4.78, 5) is 2.41. The zero-order chi connectivity index (χ0) is 15.6. The van der Waals surface area contributed by atoms with Gasteiger partial charge in [-0.3, -0.25) is 0 Å². The molecular formula is C18H28N2O2. The van der Waals surface area contributed by atoms with Gasteiger partial charge in [-0.25, -0.2) is 0 Å². The zero-order valence-electron chi connectivity index (χ0n) is 13.6. The van der Waals surface area contributed by atoms with E-state index in [1.165, 1.54) is 18.4 Å². The average molecular weight is 304 g/mol. The monoisotopic (exact) mass is 304 g/mol. The summed E-state index contributed by atoms with van der Waals surface area (Å²) in [6, 6.07) is 6.31. The Morgan fingerprint density at radius 1 is 1.27 bits per heavy atom. The Bertz CT molecular complexity index is 504. The topological polar surface area (TPSA) is 58.7 Å². The molecule has 4 nitrogen and oxygen atoms in total. The predicted octanol–water partition coefficient (Wildman–Crippen LogP) is 2.55. The van der Waals surface area contributed by atoms with Crippen LogP contribution in [0.1, 0.15) is 38.2 Å². The first-order valence-corrected chi connectivity index (χ1v) is 8.48. The summed E-state index contributed by atoms with van der Waals surface area (Å²) in [6.45, 7) is 6.09. The molecule has 0 aromatic heterocycles. The van der Waals surface area contributed by atoms with Gasteiger partial charge in [0.05, 0.1) is 18.0 Å². The van der Waals surface area contributed by atoms with Crippen LogP contribution >= 0.6 is 0 Å². The van der Waals surface area contributed by atoms with Gasteiger partial charge in [0, 0.05) is 31.7 Å². The molecule has 2 fully saturated rings. The lowest BCUT2D eigenvalue weighted by atomic mass is 9.74. The number of hydrogen-bond acceptors (Lipinski definition) is 4. The number of hydrogen-bond donors (Lipinski definition) is 2. The first-order chi connectivity index (χ1) is 10.6. The summed E-state index contributed by atoms with van der Waals surface area (Å²) in [7, 11) is 0. The number of ether oxygens (including phenoxy) is 1. The van der Waals surface area contributed by atoms with Crippen molar-refractivity contribution >= 4 is 11.4 Å². The van der Waals surface area contributed by atoms with Gasteiger partial charge < -0.3 is 20.5 Å². The molecule has 3 rings (SSSR count). The van der Waals surface area contributed by atoms with Gasteiger partial charge in [0.2, 0.25) is 0 Å². The summed E-state index contributed by atoms with van der Waals surface area (Å²) < 4.78 is 5.48. The quantitative estimate of drug-likeness (QED) is 0.843. The average Bonchev–Trinajstić information content (AvgIpc) is 2.57.